The van der Waals surface area contributed by atoms with Crippen LogP contribution >= 0.6 is 11.3 Å². The second-order valence-electron chi connectivity index (χ2n) is 3.29. The predicted molar refractivity (Wildman–Crippen MR) is 60.8 cm³/mol. The number of hydrogen-bond acceptors (Lipinski definition) is 5. The van der Waals surface area contributed by atoms with Gasteiger partial charge in [0.25, 0.3) is 5.56 Å². The minimum atomic E-state index is -0.185. The maximum absolute atomic E-state index is 11.9. The number of thiophene rings is 1. The fraction of sp³-hybridized carbons (Fsp3) is 0.300. The van der Waals surface area contributed by atoms with Gasteiger partial charge in [-0.05, 0) is 11.4 Å². The molecule has 16 heavy (non-hydrogen) atoms. The number of ketones is 1. The van der Waals surface area contributed by atoms with Crippen molar-refractivity contribution < 1.29 is 9.53 Å². The molecule has 0 radical (unpaired) electrons. The summed E-state index contributed by atoms with van der Waals surface area (Å²) in [5.41, 5.74) is -0.185. The van der Waals surface area contributed by atoms with Crippen molar-refractivity contribution in [2.45, 2.75) is 6.54 Å². The van der Waals surface area contributed by atoms with Crippen LogP contribution in [0.1, 0.15) is 0 Å². The highest BCUT2D eigenvalue weighted by molar-refractivity contribution is 7.16. The molecule has 84 valence electrons. The van der Waals surface area contributed by atoms with E-state index >= 15 is 0 Å². The first-order valence-electron chi connectivity index (χ1n) is 4.65. The van der Waals surface area contributed by atoms with Crippen molar-refractivity contribution >= 4 is 27.3 Å². The van der Waals surface area contributed by atoms with E-state index in [1.54, 1.807) is 11.4 Å². The molecule has 2 rings (SSSR count). The van der Waals surface area contributed by atoms with Crippen molar-refractivity contribution in [3.63, 3.8) is 0 Å². The third-order valence-corrected chi connectivity index (χ3v) is 2.92. The van der Waals surface area contributed by atoms with Gasteiger partial charge in [0.2, 0.25) is 0 Å². The molecule has 0 saturated heterocycles. The smallest absolute Gasteiger partial charge is 0.262 e. The number of carbonyl (C=O) groups is 1. The van der Waals surface area contributed by atoms with E-state index in [0.717, 1.165) is 0 Å². The molecule has 0 amide bonds. The van der Waals surface area contributed by atoms with Gasteiger partial charge in [-0.1, -0.05) is 0 Å². The van der Waals surface area contributed by atoms with E-state index in [1.165, 1.54) is 29.3 Å². The first-order valence-corrected chi connectivity index (χ1v) is 5.53. The number of fused-ring (bicyclic) bond motifs is 1. The molecule has 2 heterocycles. The summed E-state index contributed by atoms with van der Waals surface area (Å²) in [6.45, 7) is 0.0135. The number of ether oxygens (including phenoxy) is 1. The Hall–Kier alpha value is -1.53. The highest BCUT2D eigenvalue weighted by Gasteiger charge is 2.08. The van der Waals surface area contributed by atoms with Crippen molar-refractivity contribution in [2.75, 3.05) is 13.7 Å². The van der Waals surface area contributed by atoms with Crippen LogP contribution in [0.4, 0.5) is 0 Å². The fourth-order valence-corrected chi connectivity index (χ4v) is 2.13. The van der Waals surface area contributed by atoms with Gasteiger partial charge in [0.15, 0.2) is 5.78 Å². The van der Waals surface area contributed by atoms with Crippen molar-refractivity contribution in [3.05, 3.63) is 28.1 Å². The van der Waals surface area contributed by atoms with Crippen LogP contribution in [0.5, 0.6) is 0 Å². The highest BCUT2D eigenvalue weighted by Crippen LogP contribution is 2.13. The number of aromatic nitrogens is 2. The molecule has 5 nitrogen and oxygen atoms in total. The molecule has 0 unspecified atom stereocenters. The van der Waals surface area contributed by atoms with Crippen molar-refractivity contribution in [2.24, 2.45) is 0 Å². The molecular formula is C10H10N2O3S. The summed E-state index contributed by atoms with van der Waals surface area (Å²) in [5, 5.41) is 2.36. The zero-order chi connectivity index (χ0) is 11.5. The maximum atomic E-state index is 11.9. The van der Waals surface area contributed by atoms with E-state index in [0.29, 0.717) is 10.2 Å². The van der Waals surface area contributed by atoms with Gasteiger partial charge in [-0.15, -0.1) is 11.3 Å². The Bertz CT molecular complexity index is 573. The van der Waals surface area contributed by atoms with Crippen LogP contribution in [0.15, 0.2) is 22.6 Å². The maximum Gasteiger partial charge on any atom is 0.262 e. The van der Waals surface area contributed by atoms with Gasteiger partial charge in [-0.3, -0.25) is 14.2 Å². The third-order valence-electron chi connectivity index (χ3n) is 2.10. The SMILES string of the molecule is COCC(=O)Cn1cnc2sccc2c1=O. The Morgan fingerprint density at radius 3 is 3.19 bits per heavy atom. The molecule has 0 atom stereocenters. The van der Waals surface area contributed by atoms with E-state index in [4.69, 9.17) is 4.74 Å². The largest absolute Gasteiger partial charge is 0.377 e. The van der Waals surface area contributed by atoms with Gasteiger partial charge < -0.3 is 4.74 Å². The quantitative estimate of drug-likeness (QED) is 0.785. The highest BCUT2D eigenvalue weighted by atomic mass is 32.1. The van der Waals surface area contributed by atoms with E-state index in [2.05, 4.69) is 4.98 Å². The van der Waals surface area contributed by atoms with Crippen LogP contribution < -0.4 is 5.56 Å². The monoisotopic (exact) mass is 238 g/mol. The lowest BCUT2D eigenvalue weighted by molar-refractivity contribution is -0.123. The molecular weight excluding hydrogens is 228 g/mol. The molecule has 0 saturated carbocycles. The normalized spacial score (nSPS) is 10.8. The Morgan fingerprint density at radius 2 is 2.44 bits per heavy atom. The minimum Gasteiger partial charge on any atom is -0.377 e. The van der Waals surface area contributed by atoms with Crippen LogP contribution in [0.3, 0.4) is 0 Å². The summed E-state index contributed by atoms with van der Waals surface area (Å²) >= 11 is 1.41. The van der Waals surface area contributed by atoms with Gasteiger partial charge in [0, 0.05) is 7.11 Å². The van der Waals surface area contributed by atoms with Crippen molar-refractivity contribution in [1.29, 1.82) is 0 Å². The van der Waals surface area contributed by atoms with Gasteiger partial charge >= 0.3 is 0 Å². The molecule has 0 bridgehead atoms. The Morgan fingerprint density at radius 1 is 1.62 bits per heavy atom. The standard InChI is InChI=1S/C10H10N2O3S/c1-15-5-7(13)4-12-6-11-9-8(10(12)14)2-3-16-9/h2-3,6H,4-5H2,1H3. The first kappa shape index (κ1) is 11.0. The van der Waals surface area contributed by atoms with Crippen LogP contribution in [0.25, 0.3) is 10.2 Å². The zero-order valence-corrected chi connectivity index (χ0v) is 9.49. The average molecular weight is 238 g/mol. The number of methoxy groups -OCH3 is 1. The van der Waals surface area contributed by atoms with Crippen molar-refractivity contribution in [3.8, 4) is 0 Å². The molecule has 2 aromatic heterocycles. The summed E-state index contributed by atoms with van der Waals surface area (Å²) in [7, 11) is 1.45. The first-order chi connectivity index (χ1) is 7.72. The van der Waals surface area contributed by atoms with E-state index in [-0.39, 0.29) is 24.5 Å². The summed E-state index contributed by atoms with van der Waals surface area (Å²) in [4.78, 5) is 28.0. The van der Waals surface area contributed by atoms with Crippen LogP contribution in [0.2, 0.25) is 0 Å². The zero-order valence-electron chi connectivity index (χ0n) is 8.67. The van der Waals surface area contributed by atoms with Gasteiger partial charge in [0.05, 0.1) is 18.3 Å². The van der Waals surface area contributed by atoms with Crippen LogP contribution in [-0.2, 0) is 16.1 Å². The predicted octanol–water partition coefficient (Wildman–Crippen LogP) is 0.674. The molecule has 0 aliphatic rings. The van der Waals surface area contributed by atoms with E-state index < -0.39 is 0 Å². The number of Topliss-reactive ketones (excluding diaryl/α,β-unsaturated/α-hetero) is 1. The number of rotatable bonds is 4. The molecule has 2 aromatic rings. The molecule has 0 N–H and O–H groups in total. The Balaban J connectivity index is 2.34. The lowest BCUT2D eigenvalue weighted by Gasteiger charge is -2.03. The molecule has 6 heteroatoms. The van der Waals surface area contributed by atoms with Gasteiger partial charge in [0.1, 0.15) is 11.4 Å². The topological polar surface area (TPSA) is 61.2 Å². The summed E-state index contributed by atoms with van der Waals surface area (Å²) in [6.07, 6.45) is 1.40. The summed E-state index contributed by atoms with van der Waals surface area (Å²) in [6, 6.07) is 1.71. The number of nitrogens with zero attached hydrogens (tertiary/aromatic N) is 2. The fourth-order valence-electron chi connectivity index (χ4n) is 1.40. The van der Waals surface area contributed by atoms with Crippen molar-refractivity contribution in [1.82, 2.24) is 9.55 Å². The van der Waals surface area contributed by atoms with Crippen LogP contribution in [0, 0.1) is 0 Å². The second-order valence-corrected chi connectivity index (χ2v) is 4.18. The molecule has 0 aliphatic heterocycles. The number of carbonyl (C=O) groups excluding carboxylic acids is 1. The van der Waals surface area contributed by atoms with E-state index in [9.17, 15) is 9.59 Å². The third kappa shape index (κ3) is 2.02. The van der Waals surface area contributed by atoms with Crippen LogP contribution in [-0.4, -0.2) is 29.1 Å². The van der Waals surface area contributed by atoms with Gasteiger partial charge in [-0.2, -0.15) is 0 Å². The number of hydrogen-bond donors (Lipinski definition) is 0. The lowest BCUT2D eigenvalue weighted by atomic mass is 10.4. The lowest BCUT2D eigenvalue weighted by Crippen LogP contribution is -2.25. The van der Waals surface area contributed by atoms with Gasteiger partial charge in [-0.25, -0.2) is 4.98 Å². The summed E-state index contributed by atoms with van der Waals surface area (Å²) < 4.78 is 6.01. The molecule has 0 fully saturated rings. The molecule has 0 aliphatic carbocycles. The molecule has 0 spiro atoms. The molecule has 0 aromatic carbocycles. The van der Waals surface area contributed by atoms with E-state index in [1.807, 2.05) is 0 Å². The average Bonchev–Trinajstić information content (AvgIpc) is 2.71. The minimum absolute atomic E-state index is 0.00542. The Labute approximate surface area is 95.3 Å². The summed E-state index contributed by atoms with van der Waals surface area (Å²) in [5.74, 6) is -0.152. The Kier molecular flexibility index (Phi) is 3.12. The second kappa shape index (κ2) is 4.54.